The number of carbonyl (C=O) groups excluding carboxylic acids is 1. The Labute approximate surface area is 601 Å². The lowest BCUT2D eigenvalue weighted by molar-refractivity contribution is -0.359. The van der Waals surface area contributed by atoms with Crippen molar-refractivity contribution in [3.63, 3.8) is 0 Å². The number of carbonyl (C=O) groups is 1. The first-order valence-corrected chi connectivity index (χ1v) is 41.9. The number of allylic oxidation sites excluding steroid dienone is 7. The zero-order valence-electron chi connectivity index (χ0n) is 63.3. The van der Waals surface area contributed by atoms with Crippen molar-refractivity contribution < 1.29 is 64.6 Å². The summed E-state index contributed by atoms with van der Waals surface area (Å²) in [6, 6.07) is -0.917. The first-order chi connectivity index (χ1) is 48.1. The van der Waals surface area contributed by atoms with Crippen LogP contribution in [0.5, 0.6) is 0 Å². The van der Waals surface area contributed by atoms with E-state index in [4.69, 9.17) is 18.9 Å². The maximum Gasteiger partial charge on any atom is 0.220 e. The molecule has 2 fully saturated rings. The van der Waals surface area contributed by atoms with Crippen LogP contribution < -0.4 is 5.32 Å². The number of amides is 1. The molecule has 12 atom stereocenters. The Morgan fingerprint density at radius 3 is 1.03 bits per heavy atom. The van der Waals surface area contributed by atoms with Crippen LogP contribution in [-0.4, -0.2) is 140 Å². The molecule has 98 heavy (non-hydrogen) atoms. The van der Waals surface area contributed by atoms with E-state index >= 15 is 0 Å². The second-order valence-electron chi connectivity index (χ2n) is 29.6. The standard InChI is InChI=1S/C84H157NO13/c1-3-5-7-9-11-13-15-17-19-21-23-25-27-29-31-33-35-36-38-40-42-44-46-48-50-52-54-56-58-60-62-64-66-68-76(89)85-72(71-95-83-81(94)79(92)82(75(70-87)97-83)98-84-80(93)78(91)77(90)74(69-86)96-84)73(88)67-65-63-61-59-57-55-53-51-49-47-45-43-41-39-37-34-32-30-28-26-24-22-20-18-16-14-12-10-8-6-4-2/h15,17,21,23,27,29,65,67,72-75,77-84,86-88,90-94H,3-14,16,18-20,22,24-26,28,30-64,66,68-71H2,1-2H3,(H,85,89)/b17-15-,23-21-,29-27-,67-65+. The van der Waals surface area contributed by atoms with E-state index in [9.17, 15) is 45.6 Å². The van der Waals surface area contributed by atoms with Gasteiger partial charge in [0.15, 0.2) is 12.6 Å². The number of hydrogen-bond acceptors (Lipinski definition) is 13. The highest BCUT2D eigenvalue weighted by Gasteiger charge is 2.51. The molecule has 0 saturated carbocycles. The summed E-state index contributed by atoms with van der Waals surface area (Å²) >= 11 is 0. The van der Waals surface area contributed by atoms with Gasteiger partial charge in [0.25, 0.3) is 0 Å². The van der Waals surface area contributed by atoms with Crippen LogP contribution in [0.4, 0.5) is 0 Å². The van der Waals surface area contributed by atoms with Crippen LogP contribution >= 0.6 is 0 Å². The Morgan fingerprint density at radius 1 is 0.367 bits per heavy atom. The summed E-state index contributed by atoms with van der Waals surface area (Å²) in [5.74, 6) is -0.232. The normalized spacial score (nSPS) is 22.2. The SMILES string of the molecule is CCCCCCC/C=C\C/C=C\C/C=C\CCCCCCCCCCCCCCCCCCCCC(=O)NC(COC1OC(CO)C(OC2OC(CO)C(O)C(O)C2O)C(O)C1O)C(O)/C=C/CCCCCCCCCCCCCCCCCCCCCCCCCCCCCCC. The molecule has 0 aromatic rings. The lowest BCUT2D eigenvalue weighted by Crippen LogP contribution is -2.65. The van der Waals surface area contributed by atoms with Crippen molar-refractivity contribution in [1.82, 2.24) is 5.32 Å². The number of hydrogen-bond donors (Lipinski definition) is 9. The molecule has 0 bridgehead atoms. The van der Waals surface area contributed by atoms with Crippen LogP contribution in [0.25, 0.3) is 0 Å². The Morgan fingerprint density at radius 2 is 0.673 bits per heavy atom. The molecule has 1 amide bonds. The molecule has 14 nitrogen and oxygen atoms in total. The van der Waals surface area contributed by atoms with Crippen molar-refractivity contribution in [2.45, 2.75) is 460 Å². The van der Waals surface area contributed by atoms with E-state index in [0.29, 0.717) is 6.42 Å². The third-order valence-corrected chi connectivity index (χ3v) is 20.5. The fraction of sp³-hybridized carbons (Fsp3) is 0.893. The summed E-state index contributed by atoms with van der Waals surface area (Å²) in [6.07, 6.45) is 74.9. The average Bonchev–Trinajstić information content (AvgIpc) is 0.793. The van der Waals surface area contributed by atoms with Crippen molar-refractivity contribution >= 4 is 5.91 Å². The fourth-order valence-corrected chi connectivity index (χ4v) is 13.9. The average molecular weight is 1390 g/mol. The number of aliphatic hydroxyl groups is 8. The minimum atomic E-state index is -1.79. The van der Waals surface area contributed by atoms with Gasteiger partial charge in [0.1, 0.15) is 48.8 Å². The van der Waals surface area contributed by atoms with Gasteiger partial charge < -0.3 is 65.1 Å². The van der Waals surface area contributed by atoms with Gasteiger partial charge in [-0.05, 0) is 57.8 Å². The molecule has 9 N–H and O–H groups in total. The van der Waals surface area contributed by atoms with Crippen LogP contribution in [0.2, 0.25) is 0 Å². The predicted molar refractivity (Wildman–Crippen MR) is 406 cm³/mol. The van der Waals surface area contributed by atoms with Crippen molar-refractivity contribution in [2.24, 2.45) is 0 Å². The second-order valence-corrected chi connectivity index (χ2v) is 29.6. The van der Waals surface area contributed by atoms with Gasteiger partial charge in [-0.15, -0.1) is 0 Å². The number of unbranched alkanes of at least 4 members (excludes halogenated alkanes) is 52. The fourth-order valence-electron chi connectivity index (χ4n) is 13.9. The summed E-state index contributed by atoms with van der Waals surface area (Å²) in [5, 5.41) is 87.8. The maximum atomic E-state index is 13.4. The molecule has 0 radical (unpaired) electrons. The molecule has 0 spiro atoms. The summed E-state index contributed by atoms with van der Waals surface area (Å²) in [4.78, 5) is 13.4. The summed E-state index contributed by atoms with van der Waals surface area (Å²) in [6.45, 7) is 2.85. The third-order valence-electron chi connectivity index (χ3n) is 20.5. The Bertz CT molecular complexity index is 1830. The molecule has 2 aliphatic rings. The minimum absolute atomic E-state index is 0.232. The van der Waals surface area contributed by atoms with Gasteiger partial charge in [-0.2, -0.15) is 0 Å². The highest BCUT2D eigenvalue weighted by molar-refractivity contribution is 5.76. The maximum absolute atomic E-state index is 13.4. The van der Waals surface area contributed by atoms with Crippen molar-refractivity contribution in [3.05, 3.63) is 48.6 Å². The van der Waals surface area contributed by atoms with Crippen LogP contribution in [0.15, 0.2) is 48.6 Å². The Kier molecular flexibility index (Phi) is 63.9. The van der Waals surface area contributed by atoms with Gasteiger partial charge in [-0.25, -0.2) is 0 Å². The zero-order valence-corrected chi connectivity index (χ0v) is 63.3. The third kappa shape index (κ3) is 50.4. The lowest BCUT2D eigenvalue weighted by Gasteiger charge is -2.46. The molecule has 576 valence electrons. The highest BCUT2D eigenvalue weighted by Crippen LogP contribution is 2.30. The van der Waals surface area contributed by atoms with Gasteiger partial charge in [-0.1, -0.05) is 371 Å². The van der Waals surface area contributed by atoms with E-state index in [2.05, 4.69) is 55.6 Å². The summed E-state index contributed by atoms with van der Waals surface area (Å²) < 4.78 is 22.9. The molecule has 2 heterocycles. The van der Waals surface area contributed by atoms with Crippen LogP contribution in [0, 0.1) is 0 Å². The molecule has 0 aromatic heterocycles. The summed E-state index contributed by atoms with van der Waals surface area (Å²) in [5.41, 5.74) is 0. The van der Waals surface area contributed by atoms with E-state index in [-0.39, 0.29) is 18.9 Å². The number of rotatable bonds is 71. The van der Waals surface area contributed by atoms with Crippen molar-refractivity contribution in [3.8, 4) is 0 Å². The first-order valence-electron chi connectivity index (χ1n) is 41.9. The molecule has 2 rings (SSSR count). The molecular formula is C84H157NO13. The monoisotopic (exact) mass is 1390 g/mol. The minimum Gasteiger partial charge on any atom is -0.394 e. The molecule has 0 aliphatic carbocycles. The number of nitrogens with one attached hydrogen (secondary N) is 1. The van der Waals surface area contributed by atoms with E-state index in [0.717, 1.165) is 51.4 Å². The Hall–Kier alpha value is -2.05. The predicted octanol–water partition coefficient (Wildman–Crippen LogP) is 19.4. The molecule has 12 unspecified atom stereocenters. The van der Waals surface area contributed by atoms with Gasteiger partial charge >= 0.3 is 0 Å². The number of aliphatic hydroxyl groups excluding tert-OH is 8. The Balaban J connectivity index is 1.60. The van der Waals surface area contributed by atoms with E-state index < -0.39 is 86.8 Å². The van der Waals surface area contributed by atoms with Crippen LogP contribution in [0.3, 0.4) is 0 Å². The molecular weight excluding hydrogens is 1230 g/mol. The molecule has 14 heteroatoms. The smallest absolute Gasteiger partial charge is 0.220 e. The van der Waals surface area contributed by atoms with Crippen molar-refractivity contribution in [2.75, 3.05) is 19.8 Å². The van der Waals surface area contributed by atoms with Crippen LogP contribution in [0.1, 0.15) is 386 Å². The van der Waals surface area contributed by atoms with Crippen molar-refractivity contribution in [1.29, 1.82) is 0 Å². The van der Waals surface area contributed by atoms with E-state index in [1.54, 1.807) is 6.08 Å². The second kappa shape index (κ2) is 68.1. The quantitative estimate of drug-likeness (QED) is 0.0204. The van der Waals surface area contributed by atoms with Crippen LogP contribution in [-0.2, 0) is 23.7 Å². The highest BCUT2D eigenvalue weighted by atomic mass is 16.7. The first kappa shape index (κ1) is 92.0. The lowest BCUT2D eigenvalue weighted by atomic mass is 9.97. The van der Waals surface area contributed by atoms with E-state index in [1.165, 1.54) is 308 Å². The molecule has 0 aromatic carbocycles. The largest absolute Gasteiger partial charge is 0.394 e. The van der Waals surface area contributed by atoms with Gasteiger partial charge in [0.2, 0.25) is 5.91 Å². The molecule has 2 aliphatic heterocycles. The number of ether oxygens (including phenoxy) is 4. The van der Waals surface area contributed by atoms with Gasteiger partial charge in [-0.3, -0.25) is 4.79 Å². The van der Waals surface area contributed by atoms with Gasteiger partial charge in [0, 0.05) is 6.42 Å². The van der Waals surface area contributed by atoms with Gasteiger partial charge in [0.05, 0.1) is 32.0 Å². The topological polar surface area (TPSA) is 228 Å². The zero-order chi connectivity index (χ0) is 70.8. The molecule has 2 saturated heterocycles. The van der Waals surface area contributed by atoms with E-state index in [1.807, 2.05) is 6.08 Å². The summed E-state index contributed by atoms with van der Waals surface area (Å²) in [7, 11) is 0.